The Kier molecular flexibility index (Phi) is 6.17. The van der Waals surface area contributed by atoms with Crippen molar-refractivity contribution >= 4 is 23.4 Å². The van der Waals surface area contributed by atoms with Gasteiger partial charge in [0.05, 0.1) is 6.42 Å². The van der Waals surface area contributed by atoms with Crippen LogP contribution in [0.4, 0.5) is 0 Å². The lowest BCUT2D eigenvalue weighted by atomic mass is 10.2. The minimum Gasteiger partial charge on any atom is -0.352 e. The molecule has 0 aliphatic carbocycles. The lowest BCUT2D eigenvalue weighted by molar-refractivity contribution is -0.120. The predicted octanol–water partition coefficient (Wildman–Crippen LogP) is 2.51. The molecule has 3 rings (SSSR count). The van der Waals surface area contributed by atoms with Gasteiger partial charge in [0.25, 0.3) is 0 Å². The van der Waals surface area contributed by atoms with Crippen LogP contribution in [0, 0.1) is 0 Å². The molecule has 0 aliphatic heterocycles. The first-order chi connectivity index (χ1) is 13.1. The number of carbonyl (C=O) groups excluding carboxylic acids is 2. The van der Waals surface area contributed by atoms with Crippen molar-refractivity contribution in [2.24, 2.45) is 0 Å². The lowest BCUT2D eigenvalue weighted by Gasteiger charge is -2.03. The molecule has 0 fully saturated rings. The van der Waals surface area contributed by atoms with Crippen LogP contribution in [0.15, 0.2) is 59.1 Å². The Labute approximate surface area is 160 Å². The molecule has 0 radical (unpaired) electrons. The first kappa shape index (κ1) is 18.6. The number of benzene rings is 2. The highest BCUT2D eigenvalue weighted by Crippen LogP contribution is 2.10. The van der Waals surface area contributed by atoms with Gasteiger partial charge in [-0.15, -0.1) is 0 Å². The third-order valence-corrected chi connectivity index (χ3v) is 3.89. The van der Waals surface area contributed by atoms with E-state index in [1.54, 1.807) is 18.2 Å². The van der Waals surface area contributed by atoms with Crippen molar-refractivity contribution in [1.82, 2.24) is 20.8 Å². The first-order valence-corrected chi connectivity index (χ1v) is 8.64. The number of rotatable bonds is 7. The van der Waals surface area contributed by atoms with E-state index in [9.17, 15) is 9.59 Å². The van der Waals surface area contributed by atoms with Crippen LogP contribution in [0.25, 0.3) is 0 Å². The van der Waals surface area contributed by atoms with Crippen LogP contribution in [0.5, 0.6) is 0 Å². The van der Waals surface area contributed by atoms with Crippen LogP contribution in [0.3, 0.4) is 0 Å². The van der Waals surface area contributed by atoms with Gasteiger partial charge in [0, 0.05) is 18.1 Å². The van der Waals surface area contributed by atoms with Crippen molar-refractivity contribution in [3.8, 4) is 0 Å². The predicted molar refractivity (Wildman–Crippen MR) is 98.9 cm³/mol. The summed E-state index contributed by atoms with van der Waals surface area (Å²) in [7, 11) is 0. The standard InChI is InChI=1S/C19H17ClN4O3/c20-15-8-4-7-14(9-15)12-22-18(26)19-23-16(24-27-19)10-17(25)21-11-13-5-2-1-3-6-13/h1-9H,10-12H2,(H,21,25)(H,22,26). The lowest BCUT2D eigenvalue weighted by Crippen LogP contribution is -2.25. The maximum Gasteiger partial charge on any atom is 0.315 e. The molecule has 0 unspecified atom stereocenters. The van der Waals surface area contributed by atoms with E-state index in [0.29, 0.717) is 11.6 Å². The minimum atomic E-state index is -0.515. The van der Waals surface area contributed by atoms with Gasteiger partial charge in [0.15, 0.2) is 5.82 Å². The van der Waals surface area contributed by atoms with Crippen LogP contribution >= 0.6 is 11.6 Å². The highest BCUT2D eigenvalue weighted by Gasteiger charge is 2.16. The molecule has 3 aromatic rings. The molecule has 138 valence electrons. The van der Waals surface area contributed by atoms with Crippen LogP contribution < -0.4 is 10.6 Å². The summed E-state index contributed by atoms with van der Waals surface area (Å²) in [6.45, 7) is 0.680. The van der Waals surface area contributed by atoms with E-state index in [2.05, 4.69) is 20.8 Å². The van der Waals surface area contributed by atoms with Crippen LogP contribution in [-0.4, -0.2) is 22.0 Å². The molecule has 0 aliphatic rings. The second kappa shape index (κ2) is 8.95. The van der Waals surface area contributed by atoms with E-state index in [-0.39, 0.29) is 30.6 Å². The Morgan fingerprint density at radius 1 is 0.963 bits per heavy atom. The molecule has 1 aromatic heterocycles. The summed E-state index contributed by atoms with van der Waals surface area (Å²) < 4.78 is 4.92. The van der Waals surface area contributed by atoms with Crippen LogP contribution in [-0.2, 0) is 24.3 Å². The van der Waals surface area contributed by atoms with Crippen molar-refractivity contribution in [3.05, 3.63) is 82.5 Å². The quantitative estimate of drug-likeness (QED) is 0.652. The Morgan fingerprint density at radius 2 is 1.70 bits per heavy atom. The number of nitrogens with zero attached hydrogens (tertiary/aromatic N) is 2. The third kappa shape index (κ3) is 5.65. The first-order valence-electron chi connectivity index (χ1n) is 8.26. The molecule has 8 heteroatoms. The molecule has 1 heterocycles. The number of halogens is 1. The molecule has 0 saturated carbocycles. The number of amides is 2. The second-order valence-corrected chi connectivity index (χ2v) is 6.20. The third-order valence-electron chi connectivity index (χ3n) is 3.66. The molecular weight excluding hydrogens is 368 g/mol. The maximum absolute atomic E-state index is 12.1. The summed E-state index contributed by atoms with van der Waals surface area (Å²) in [6.07, 6.45) is -0.0715. The molecule has 0 bridgehead atoms. The Balaban J connectivity index is 1.48. The van der Waals surface area contributed by atoms with Gasteiger partial charge in [-0.3, -0.25) is 9.59 Å². The van der Waals surface area contributed by atoms with Gasteiger partial charge < -0.3 is 15.2 Å². The van der Waals surface area contributed by atoms with Crippen molar-refractivity contribution in [2.75, 3.05) is 0 Å². The van der Waals surface area contributed by atoms with Gasteiger partial charge in [0.2, 0.25) is 5.91 Å². The summed E-state index contributed by atoms with van der Waals surface area (Å²) in [5.74, 6) is -0.819. The van der Waals surface area contributed by atoms with Gasteiger partial charge in [-0.25, -0.2) is 0 Å². The van der Waals surface area contributed by atoms with Crippen molar-refractivity contribution in [3.63, 3.8) is 0 Å². The molecule has 2 amide bonds. The molecule has 0 spiro atoms. The van der Waals surface area contributed by atoms with Crippen LogP contribution in [0.1, 0.15) is 27.6 Å². The molecule has 0 saturated heterocycles. The maximum atomic E-state index is 12.1. The second-order valence-electron chi connectivity index (χ2n) is 5.77. The fourth-order valence-corrected chi connectivity index (χ4v) is 2.54. The van der Waals surface area contributed by atoms with Crippen molar-refractivity contribution < 1.29 is 14.1 Å². The van der Waals surface area contributed by atoms with Crippen molar-refractivity contribution in [2.45, 2.75) is 19.5 Å². The van der Waals surface area contributed by atoms with E-state index >= 15 is 0 Å². The SMILES string of the molecule is O=C(Cc1noc(C(=O)NCc2cccc(Cl)c2)n1)NCc1ccccc1. The van der Waals surface area contributed by atoms with Gasteiger partial charge >= 0.3 is 11.8 Å². The topological polar surface area (TPSA) is 97.1 Å². The number of carbonyl (C=O) groups is 2. The fraction of sp³-hybridized carbons (Fsp3) is 0.158. The number of aromatic nitrogens is 2. The highest BCUT2D eigenvalue weighted by molar-refractivity contribution is 6.30. The fourth-order valence-electron chi connectivity index (χ4n) is 2.33. The van der Waals surface area contributed by atoms with Crippen LogP contribution in [0.2, 0.25) is 5.02 Å². The minimum absolute atomic E-state index is 0.0715. The number of hydrogen-bond acceptors (Lipinski definition) is 5. The van der Waals surface area contributed by atoms with E-state index in [1.807, 2.05) is 36.4 Å². The van der Waals surface area contributed by atoms with Gasteiger partial charge in [-0.1, -0.05) is 59.2 Å². The Hall–Kier alpha value is -3.19. The largest absolute Gasteiger partial charge is 0.352 e. The van der Waals surface area contributed by atoms with E-state index < -0.39 is 5.91 Å². The molecule has 0 atom stereocenters. The molecule has 2 aromatic carbocycles. The van der Waals surface area contributed by atoms with E-state index in [0.717, 1.165) is 11.1 Å². The van der Waals surface area contributed by atoms with Gasteiger partial charge in [0.1, 0.15) is 0 Å². The molecule has 2 N–H and O–H groups in total. The molecule has 27 heavy (non-hydrogen) atoms. The molecular formula is C19H17ClN4O3. The van der Waals surface area contributed by atoms with E-state index in [1.165, 1.54) is 0 Å². The monoisotopic (exact) mass is 384 g/mol. The average Bonchev–Trinajstić information content (AvgIpc) is 3.14. The zero-order valence-electron chi connectivity index (χ0n) is 14.3. The molecule has 7 nitrogen and oxygen atoms in total. The normalized spacial score (nSPS) is 10.4. The van der Waals surface area contributed by atoms with E-state index in [4.69, 9.17) is 16.1 Å². The summed E-state index contributed by atoms with van der Waals surface area (Å²) in [6, 6.07) is 16.7. The Morgan fingerprint density at radius 3 is 2.48 bits per heavy atom. The van der Waals surface area contributed by atoms with Gasteiger partial charge in [-0.05, 0) is 23.3 Å². The van der Waals surface area contributed by atoms with Crippen molar-refractivity contribution in [1.29, 1.82) is 0 Å². The highest BCUT2D eigenvalue weighted by atomic mass is 35.5. The summed E-state index contributed by atoms with van der Waals surface area (Å²) >= 11 is 5.90. The zero-order valence-corrected chi connectivity index (χ0v) is 15.1. The zero-order chi connectivity index (χ0) is 19.1. The number of hydrogen-bond donors (Lipinski definition) is 2. The average molecular weight is 385 g/mol. The van der Waals surface area contributed by atoms with Gasteiger partial charge in [-0.2, -0.15) is 4.98 Å². The smallest absolute Gasteiger partial charge is 0.315 e. The summed E-state index contributed by atoms with van der Waals surface area (Å²) in [5.41, 5.74) is 1.83. The summed E-state index contributed by atoms with van der Waals surface area (Å²) in [4.78, 5) is 28.0. The number of nitrogens with one attached hydrogen (secondary N) is 2. The Bertz CT molecular complexity index is 927. The summed E-state index contributed by atoms with van der Waals surface area (Å²) in [5, 5.41) is 9.68.